The van der Waals surface area contributed by atoms with E-state index in [1.165, 1.54) is 0 Å². The first-order valence-corrected chi connectivity index (χ1v) is 12.0. The zero-order valence-corrected chi connectivity index (χ0v) is 19.5. The molecule has 2 bridgehead atoms. The average Bonchev–Trinajstić information content (AvgIpc) is 3.52. The van der Waals surface area contributed by atoms with Crippen molar-refractivity contribution in [2.24, 2.45) is 28.8 Å². The molecule has 3 aromatic carbocycles. The maximum Gasteiger partial charge on any atom is 0.254 e. The Balaban J connectivity index is 1.33. The van der Waals surface area contributed by atoms with Crippen molar-refractivity contribution in [2.75, 3.05) is 0 Å². The number of hydrogen-bond acceptors (Lipinski definition) is 4. The average molecular weight is 491 g/mol. The molecular weight excluding hydrogens is 471 g/mol. The third-order valence-corrected chi connectivity index (χ3v) is 7.67. The van der Waals surface area contributed by atoms with E-state index >= 15 is 0 Å². The number of halogens is 2. The SMILES string of the molecule is O=C1C2C3C=CC(C3)C2C(=O)N1N=Cc1c(OCc2ccc(Cl)cc2Cl)ccc2ccccc12. The van der Waals surface area contributed by atoms with Crippen molar-refractivity contribution in [2.45, 2.75) is 13.0 Å². The first-order chi connectivity index (χ1) is 16.5. The van der Waals surface area contributed by atoms with E-state index < -0.39 is 0 Å². The first-order valence-electron chi connectivity index (χ1n) is 11.2. The summed E-state index contributed by atoms with van der Waals surface area (Å²) in [6.45, 7) is 0.232. The van der Waals surface area contributed by atoms with Crippen molar-refractivity contribution >= 4 is 52.0 Å². The number of imide groups is 1. The maximum absolute atomic E-state index is 13.0. The number of rotatable bonds is 5. The molecule has 1 saturated heterocycles. The second kappa shape index (κ2) is 8.26. The maximum atomic E-state index is 13.0. The highest BCUT2D eigenvalue weighted by Gasteiger charge is 2.59. The smallest absolute Gasteiger partial charge is 0.254 e. The van der Waals surface area contributed by atoms with Gasteiger partial charge in [-0.25, -0.2) is 0 Å². The number of hydrogen-bond donors (Lipinski definition) is 0. The van der Waals surface area contributed by atoms with Crippen molar-refractivity contribution in [1.29, 1.82) is 0 Å². The van der Waals surface area contributed by atoms with Gasteiger partial charge in [0.05, 0.1) is 18.1 Å². The molecule has 1 heterocycles. The number of nitrogens with zero attached hydrogens (tertiary/aromatic N) is 2. The molecule has 5 nitrogen and oxygen atoms in total. The molecule has 1 aliphatic heterocycles. The summed E-state index contributed by atoms with van der Waals surface area (Å²) in [7, 11) is 0. The minimum Gasteiger partial charge on any atom is -0.488 e. The van der Waals surface area contributed by atoms with Crippen molar-refractivity contribution in [1.82, 2.24) is 5.01 Å². The van der Waals surface area contributed by atoms with Gasteiger partial charge in [-0.3, -0.25) is 9.59 Å². The Kier molecular flexibility index (Phi) is 5.19. The second-order valence-corrected chi connectivity index (χ2v) is 9.80. The Morgan fingerprint density at radius 2 is 1.71 bits per heavy atom. The highest BCUT2D eigenvalue weighted by molar-refractivity contribution is 6.35. The lowest BCUT2D eigenvalue weighted by Crippen LogP contribution is -2.28. The Bertz CT molecular complexity index is 1370. The predicted octanol–water partition coefficient (Wildman–Crippen LogP) is 5.87. The molecule has 2 amide bonds. The lowest BCUT2D eigenvalue weighted by atomic mass is 9.85. The summed E-state index contributed by atoms with van der Waals surface area (Å²) in [6, 6.07) is 16.9. The molecule has 2 aliphatic carbocycles. The van der Waals surface area contributed by atoms with Crippen LogP contribution in [0.1, 0.15) is 17.5 Å². The summed E-state index contributed by atoms with van der Waals surface area (Å²) in [4.78, 5) is 26.1. The van der Waals surface area contributed by atoms with Gasteiger partial charge in [0.15, 0.2) is 0 Å². The lowest BCUT2D eigenvalue weighted by Gasteiger charge is -2.14. The molecule has 0 N–H and O–H groups in total. The molecule has 0 radical (unpaired) electrons. The van der Waals surface area contributed by atoms with Crippen molar-refractivity contribution in [3.63, 3.8) is 0 Å². The zero-order chi connectivity index (χ0) is 23.4. The number of fused-ring (bicyclic) bond motifs is 6. The van der Waals surface area contributed by atoms with Crippen LogP contribution < -0.4 is 4.74 Å². The summed E-state index contributed by atoms with van der Waals surface area (Å²) in [5.41, 5.74) is 1.49. The molecule has 4 unspecified atom stereocenters. The molecule has 1 saturated carbocycles. The topological polar surface area (TPSA) is 59.0 Å². The molecule has 0 spiro atoms. The van der Waals surface area contributed by atoms with E-state index in [0.717, 1.165) is 27.8 Å². The summed E-state index contributed by atoms with van der Waals surface area (Å²) in [5, 5.41) is 8.43. The van der Waals surface area contributed by atoms with Gasteiger partial charge in [-0.2, -0.15) is 10.1 Å². The summed E-state index contributed by atoms with van der Waals surface area (Å²) in [5.74, 6) is -0.115. The molecule has 6 rings (SSSR count). The van der Waals surface area contributed by atoms with Crippen LogP contribution in [0.2, 0.25) is 10.0 Å². The van der Waals surface area contributed by atoms with Crippen LogP contribution in [0, 0.1) is 23.7 Å². The van der Waals surface area contributed by atoms with Crippen LogP contribution in [0.15, 0.2) is 71.9 Å². The van der Waals surface area contributed by atoms with Gasteiger partial charge in [-0.05, 0) is 47.2 Å². The third kappa shape index (κ3) is 3.42. The Labute approximate surface area is 206 Å². The summed E-state index contributed by atoms with van der Waals surface area (Å²) < 4.78 is 6.12. The van der Waals surface area contributed by atoms with Crippen molar-refractivity contribution in [3.05, 3.63) is 87.9 Å². The van der Waals surface area contributed by atoms with Crippen LogP contribution in [0.25, 0.3) is 10.8 Å². The van der Waals surface area contributed by atoms with Gasteiger partial charge in [0.2, 0.25) is 0 Å². The molecule has 4 atom stereocenters. The van der Waals surface area contributed by atoms with Gasteiger partial charge in [0, 0.05) is 21.2 Å². The van der Waals surface area contributed by atoms with E-state index in [-0.39, 0.29) is 42.1 Å². The van der Waals surface area contributed by atoms with Crippen LogP contribution in [0.5, 0.6) is 5.75 Å². The molecule has 170 valence electrons. The van der Waals surface area contributed by atoms with Gasteiger partial charge in [0.1, 0.15) is 12.4 Å². The summed E-state index contributed by atoms with van der Waals surface area (Å²) in [6.07, 6.45) is 6.60. The fourth-order valence-electron chi connectivity index (χ4n) is 5.44. The van der Waals surface area contributed by atoms with Gasteiger partial charge < -0.3 is 4.74 Å². The monoisotopic (exact) mass is 490 g/mol. The van der Waals surface area contributed by atoms with Crippen LogP contribution in [0.4, 0.5) is 0 Å². The number of carbonyl (C=O) groups is 2. The minimum absolute atomic E-state index is 0.146. The van der Waals surface area contributed by atoms with E-state index in [4.69, 9.17) is 27.9 Å². The Morgan fingerprint density at radius 1 is 0.971 bits per heavy atom. The number of ether oxygens (including phenoxy) is 1. The number of amides is 2. The highest BCUT2D eigenvalue weighted by Crippen LogP contribution is 2.52. The molecule has 7 heteroatoms. The lowest BCUT2D eigenvalue weighted by molar-refractivity contribution is -0.140. The van der Waals surface area contributed by atoms with E-state index in [9.17, 15) is 9.59 Å². The van der Waals surface area contributed by atoms with Gasteiger partial charge in [-0.1, -0.05) is 71.8 Å². The minimum atomic E-state index is -0.282. The summed E-state index contributed by atoms with van der Waals surface area (Å²) >= 11 is 12.3. The van der Waals surface area contributed by atoms with E-state index in [1.807, 2.05) is 42.5 Å². The number of hydrazone groups is 1. The van der Waals surface area contributed by atoms with Crippen LogP contribution >= 0.6 is 23.2 Å². The number of benzene rings is 3. The van der Waals surface area contributed by atoms with E-state index in [2.05, 4.69) is 17.3 Å². The first kappa shape index (κ1) is 21.4. The van der Waals surface area contributed by atoms with E-state index in [1.54, 1.807) is 18.3 Å². The predicted molar refractivity (Wildman–Crippen MR) is 132 cm³/mol. The standard InChI is InChI=1S/C27H20Cl2N2O3/c28-19-9-7-18(22(29)12-19)14-34-23-10-8-15-3-1-2-4-20(15)21(23)13-30-31-26(32)24-16-5-6-17(11-16)25(24)27(31)33/h1-10,12-13,16-17,24-25H,11,14H2. The molecule has 2 fully saturated rings. The van der Waals surface area contributed by atoms with Crippen LogP contribution in [-0.2, 0) is 16.2 Å². The van der Waals surface area contributed by atoms with E-state index in [0.29, 0.717) is 21.4 Å². The van der Waals surface area contributed by atoms with Crippen LogP contribution in [0.3, 0.4) is 0 Å². The number of allylic oxidation sites excluding steroid dienone is 2. The van der Waals surface area contributed by atoms with Crippen molar-refractivity contribution < 1.29 is 14.3 Å². The van der Waals surface area contributed by atoms with Gasteiger partial charge in [0.25, 0.3) is 11.8 Å². The third-order valence-electron chi connectivity index (χ3n) is 7.08. The second-order valence-electron chi connectivity index (χ2n) is 8.96. The van der Waals surface area contributed by atoms with Gasteiger partial charge >= 0.3 is 0 Å². The zero-order valence-electron chi connectivity index (χ0n) is 18.0. The largest absolute Gasteiger partial charge is 0.488 e. The highest BCUT2D eigenvalue weighted by atomic mass is 35.5. The molecule has 3 aromatic rings. The number of carbonyl (C=O) groups excluding carboxylic acids is 2. The van der Waals surface area contributed by atoms with Crippen molar-refractivity contribution in [3.8, 4) is 5.75 Å². The molecular formula is C27H20Cl2N2O3. The Hall–Kier alpha value is -3.15. The normalized spacial score (nSPS) is 25.2. The fraction of sp³-hybridized carbons (Fsp3) is 0.222. The van der Waals surface area contributed by atoms with Gasteiger partial charge in [-0.15, -0.1) is 0 Å². The Morgan fingerprint density at radius 3 is 2.44 bits per heavy atom. The molecule has 0 aromatic heterocycles. The molecule has 34 heavy (non-hydrogen) atoms. The quantitative estimate of drug-likeness (QED) is 0.255. The van der Waals surface area contributed by atoms with Crippen LogP contribution in [-0.4, -0.2) is 23.0 Å². The fourth-order valence-corrected chi connectivity index (χ4v) is 5.91. The molecule has 3 aliphatic rings.